The van der Waals surface area contributed by atoms with Gasteiger partial charge in [0.05, 0.1) is 17.3 Å². The van der Waals surface area contributed by atoms with Gasteiger partial charge in [-0.15, -0.1) is 11.8 Å². The maximum Gasteiger partial charge on any atom is 0.340 e. The molecule has 0 N–H and O–H groups in total. The van der Waals surface area contributed by atoms with Crippen LogP contribution < -0.4 is 4.90 Å². The maximum absolute atomic E-state index is 13.1. The number of esters is 1. The number of nitrogens with zero attached hydrogens (tertiary/aromatic N) is 2. The predicted octanol–water partition coefficient (Wildman–Crippen LogP) is 4.12. The first kappa shape index (κ1) is 18.3. The monoisotopic (exact) mass is 390 g/mol. The molecule has 0 spiro atoms. The summed E-state index contributed by atoms with van der Waals surface area (Å²) in [5.74, 6) is -0.0696. The lowest BCUT2D eigenvalue weighted by Crippen LogP contribution is -2.41. The number of pyridine rings is 1. The fourth-order valence-electron chi connectivity index (χ4n) is 3.18. The average molecular weight is 390 g/mol. The minimum absolute atomic E-state index is 0.120. The molecular formula is C22H18N2O3S. The summed E-state index contributed by atoms with van der Waals surface area (Å²) in [6, 6.07) is 20.9. The first-order valence-corrected chi connectivity index (χ1v) is 9.88. The lowest BCUT2D eigenvalue weighted by molar-refractivity contribution is -0.122. The molecule has 0 bridgehead atoms. The Hall–Kier alpha value is -3.12. The molecule has 1 aliphatic heterocycles. The minimum atomic E-state index is -0.558. The van der Waals surface area contributed by atoms with Gasteiger partial charge in [-0.1, -0.05) is 42.5 Å². The molecule has 3 aromatic rings. The van der Waals surface area contributed by atoms with Crippen LogP contribution in [0.15, 0.2) is 84.0 Å². The van der Waals surface area contributed by atoms with E-state index in [4.69, 9.17) is 4.74 Å². The average Bonchev–Trinajstić information content (AvgIpc) is 2.77. The topological polar surface area (TPSA) is 59.5 Å². The Morgan fingerprint density at radius 1 is 1.04 bits per heavy atom. The Morgan fingerprint density at radius 3 is 2.61 bits per heavy atom. The number of fused-ring (bicyclic) bond motifs is 1. The van der Waals surface area contributed by atoms with Crippen LogP contribution in [0.25, 0.3) is 0 Å². The summed E-state index contributed by atoms with van der Waals surface area (Å²) < 4.78 is 5.27. The minimum Gasteiger partial charge on any atom is -0.452 e. The van der Waals surface area contributed by atoms with Crippen LogP contribution in [0.4, 0.5) is 5.69 Å². The second-order valence-corrected chi connectivity index (χ2v) is 7.35. The molecule has 0 saturated carbocycles. The normalized spacial score (nSPS) is 15.6. The van der Waals surface area contributed by atoms with Crippen LogP contribution >= 0.6 is 11.8 Å². The van der Waals surface area contributed by atoms with E-state index in [0.29, 0.717) is 5.56 Å². The van der Waals surface area contributed by atoms with Crippen molar-refractivity contribution in [3.63, 3.8) is 0 Å². The summed E-state index contributed by atoms with van der Waals surface area (Å²) in [6.45, 7) is -0.323. The van der Waals surface area contributed by atoms with Gasteiger partial charge < -0.3 is 4.74 Å². The SMILES string of the molecule is O=C(OCC(=O)N1c2ccccc2SC[C@@H]1c1ccccc1)c1cccnc1. The first-order chi connectivity index (χ1) is 13.7. The van der Waals surface area contributed by atoms with E-state index in [0.717, 1.165) is 21.9 Å². The highest BCUT2D eigenvalue weighted by molar-refractivity contribution is 7.99. The van der Waals surface area contributed by atoms with Gasteiger partial charge in [0.25, 0.3) is 5.91 Å². The molecule has 1 aromatic heterocycles. The van der Waals surface area contributed by atoms with Gasteiger partial charge in [0.1, 0.15) is 0 Å². The smallest absolute Gasteiger partial charge is 0.340 e. The molecule has 140 valence electrons. The number of ether oxygens (including phenoxy) is 1. The van der Waals surface area contributed by atoms with Crippen LogP contribution in [0.1, 0.15) is 22.0 Å². The highest BCUT2D eigenvalue weighted by Crippen LogP contribution is 2.43. The van der Waals surface area contributed by atoms with E-state index in [9.17, 15) is 9.59 Å². The largest absolute Gasteiger partial charge is 0.452 e. The molecule has 0 radical (unpaired) electrons. The molecule has 0 saturated heterocycles. The van der Waals surface area contributed by atoms with Crippen molar-refractivity contribution in [3.05, 3.63) is 90.3 Å². The van der Waals surface area contributed by atoms with E-state index in [1.165, 1.54) is 6.20 Å². The Labute approximate surface area is 167 Å². The number of rotatable bonds is 4. The molecule has 2 aromatic carbocycles. The third kappa shape index (κ3) is 3.77. The van der Waals surface area contributed by atoms with Crippen molar-refractivity contribution in [3.8, 4) is 0 Å². The van der Waals surface area contributed by atoms with Crippen molar-refractivity contribution < 1.29 is 14.3 Å². The van der Waals surface area contributed by atoms with E-state index in [-0.39, 0.29) is 18.6 Å². The Morgan fingerprint density at radius 2 is 1.82 bits per heavy atom. The maximum atomic E-state index is 13.1. The highest BCUT2D eigenvalue weighted by Gasteiger charge is 2.32. The van der Waals surface area contributed by atoms with Gasteiger partial charge in [-0.25, -0.2) is 4.79 Å². The summed E-state index contributed by atoms with van der Waals surface area (Å²) >= 11 is 1.72. The molecule has 1 aliphatic rings. The number of benzene rings is 2. The Kier molecular flexibility index (Phi) is 5.39. The number of carbonyl (C=O) groups excluding carboxylic acids is 2. The number of para-hydroxylation sites is 1. The van der Waals surface area contributed by atoms with Gasteiger partial charge in [0.15, 0.2) is 6.61 Å². The Balaban J connectivity index is 1.58. The summed E-state index contributed by atoms with van der Waals surface area (Å²) in [6.07, 6.45) is 3.00. The zero-order chi connectivity index (χ0) is 19.3. The lowest BCUT2D eigenvalue weighted by atomic mass is 10.1. The number of aromatic nitrogens is 1. The molecule has 5 nitrogen and oxygen atoms in total. The first-order valence-electron chi connectivity index (χ1n) is 8.90. The van der Waals surface area contributed by atoms with Crippen LogP contribution in [0.2, 0.25) is 0 Å². The van der Waals surface area contributed by atoms with Crippen LogP contribution in [-0.4, -0.2) is 29.2 Å². The molecule has 0 aliphatic carbocycles. The summed E-state index contributed by atoms with van der Waals surface area (Å²) in [5.41, 5.74) is 2.22. The number of carbonyl (C=O) groups is 2. The molecule has 28 heavy (non-hydrogen) atoms. The van der Waals surface area contributed by atoms with Gasteiger partial charge in [-0.3, -0.25) is 14.7 Å². The van der Waals surface area contributed by atoms with Crippen molar-refractivity contribution in [1.29, 1.82) is 0 Å². The zero-order valence-corrected chi connectivity index (χ0v) is 15.8. The van der Waals surface area contributed by atoms with Gasteiger partial charge in [-0.05, 0) is 29.8 Å². The van der Waals surface area contributed by atoms with Crippen LogP contribution in [0.5, 0.6) is 0 Å². The van der Waals surface area contributed by atoms with Crippen molar-refractivity contribution in [2.45, 2.75) is 10.9 Å². The van der Waals surface area contributed by atoms with Crippen LogP contribution in [0, 0.1) is 0 Å². The van der Waals surface area contributed by atoms with Gasteiger partial charge >= 0.3 is 5.97 Å². The molecular weight excluding hydrogens is 372 g/mol. The van der Waals surface area contributed by atoms with E-state index < -0.39 is 5.97 Å². The zero-order valence-electron chi connectivity index (χ0n) is 15.0. The lowest BCUT2D eigenvalue weighted by Gasteiger charge is -2.37. The third-order valence-corrected chi connectivity index (χ3v) is 5.65. The van der Waals surface area contributed by atoms with Crippen molar-refractivity contribution >= 4 is 29.3 Å². The third-order valence-electron chi connectivity index (χ3n) is 4.51. The number of thioether (sulfide) groups is 1. The molecule has 1 amide bonds. The molecule has 0 unspecified atom stereocenters. The van der Waals surface area contributed by atoms with E-state index in [1.54, 1.807) is 35.0 Å². The van der Waals surface area contributed by atoms with Gasteiger partial charge in [-0.2, -0.15) is 0 Å². The molecule has 0 fully saturated rings. The summed E-state index contributed by atoms with van der Waals surface area (Å²) in [7, 11) is 0. The van der Waals surface area contributed by atoms with Crippen molar-refractivity contribution in [2.24, 2.45) is 0 Å². The van der Waals surface area contributed by atoms with E-state index >= 15 is 0 Å². The standard InChI is InChI=1S/C22H18N2O3S/c25-21(14-27-22(26)17-9-6-12-23-13-17)24-18-10-4-5-11-20(18)28-15-19(24)16-7-2-1-3-8-16/h1-13,19H,14-15H2/t19-/m1/s1. The molecule has 1 atom stereocenters. The molecule has 2 heterocycles. The second kappa shape index (κ2) is 8.27. The summed E-state index contributed by atoms with van der Waals surface area (Å²) in [5, 5.41) is 0. The number of hydrogen-bond acceptors (Lipinski definition) is 5. The predicted molar refractivity (Wildman–Crippen MR) is 108 cm³/mol. The number of amides is 1. The van der Waals surface area contributed by atoms with E-state index in [1.807, 2.05) is 54.6 Å². The molecule has 6 heteroatoms. The number of anilines is 1. The summed E-state index contributed by atoms with van der Waals surface area (Å²) in [4.78, 5) is 32.0. The quantitative estimate of drug-likeness (QED) is 0.627. The highest BCUT2D eigenvalue weighted by atomic mass is 32.2. The Bertz CT molecular complexity index is 979. The van der Waals surface area contributed by atoms with Gasteiger partial charge in [0, 0.05) is 23.0 Å². The fourth-order valence-corrected chi connectivity index (χ4v) is 4.35. The van der Waals surface area contributed by atoms with Crippen LogP contribution in [-0.2, 0) is 9.53 Å². The number of hydrogen-bond donors (Lipinski definition) is 0. The fraction of sp³-hybridized carbons (Fsp3) is 0.136. The van der Waals surface area contributed by atoms with Crippen molar-refractivity contribution in [2.75, 3.05) is 17.3 Å². The van der Waals surface area contributed by atoms with E-state index in [2.05, 4.69) is 4.98 Å². The van der Waals surface area contributed by atoms with Crippen LogP contribution in [0.3, 0.4) is 0 Å². The second-order valence-electron chi connectivity index (χ2n) is 6.29. The van der Waals surface area contributed by atoms with Gasteiger partial charge in [0.2, 0.25) is 0 Å². The van der Waals surface area contributed by atoms with Crippen molar-refractivity contribution in [1.82, 2.24) is 4.98 Å². The molecule has 4 rings (SSSR count).